The van der Waals surface area contributed by atoms with Crippen LogP contribution in [0.2, 0.25) is 0 Å². The van der Waals surface area contributed by atoms with Crippen molar-refractivity contribution >= 4 is 17.7 Å². The highest BCUT2D eigenvalue weighted by molar-refractivity contribution is 5.95. The van der Waals surface area contributed by atoms with E-state index in [9.17, 15) is 9.59 Å². The van der Waals surface area contributed by atoms with Gasteiger partial charge in [-0.05, 0) is 30.7 Å². The van der Waals surface area contributed by atoms with E-state index in [0.717, 1.165) is 11.3 Å². The minimum atomic E-state index is -0.283. The number of hydrogen-bond acceptors (Lipinski definition) is 4. The van der Waals surface area contributed by atoms with Crippen molar-refractivity contribution in [2.45, 2.75) is 13.5 Å². The highest BCUT2D eigenvalue weighted by Gasteiger charge is 2.22. The maximum absolute atomic E-state index is 12.3. The second-order valence-corrected chi connectivity index (χ2v) is 6.42. The molecule has 1 aliphatic rings. The molecule has 3 rings (SSSR count). The van der Waals surface area contributed by atoms with Gasteiger partial charge in [0.25, 0.3) is 5.91 Å². The third-order valence-corrected chi connectivity index (χ3v) is 4.55. The summed E-state index contributed by atoms with van der Waals surface area (Å²) in [5.74, 6) is -0.0672. The van der Waals surface area contributed by atoms with E-state index in [1.807, 2.05) is 61.5 Å². The molecule has 0 bridgehead atoms. The Hall–Kier alpha value is -3.02. The lowest BCUT2D eigenvalue weighted by Crippen LogP contribution is -2.49. The zero-order valence-corrected chi connectivity index (χ0v) is 15.6. The Kier molecular flexibility index (Phi) is 6.30. The van der Waals surface area contributed by atoms with Crippen molar-refractivity contribution in [2.75, 3.05) is 37.6 Å². The van der Waals surface area contributed by atoms with Crippen molar-refractivity contribution in [3.63, 3.8) is 0 Å². The van der Waals surface area contributed by atoms with Crippen LogP contribution in [0.4, 0.5) is 10.5 Å². The van der Waals surface area contributed by atoms with Crippen molar-refractivity contribution in [1.82, 2.24) is 10.2 Å². The molecule has 0 aromatic heterocycles. The largest absolute Gasteiger partial charge is 0.445 e. The molecule has 2 aromatic carbocycles. The van der Waals surface area contributed by atoms with Crippen LogP contribution in [0.25, 0.3) is 0 Å². The van der Waals surface area contributed by atoms with E-state index in [1.165, 1.54) is 0 Å². The Bertz CT molecular complexity index is 771. The van der Waals surface area contributed by atoms with E-state index < -0.39 is 0 Å². The Balaban J connectivity index is 1.52. The maximum Gasteiger partial charge on any atom is 0.410 e. The predicted molar refractivity (Wildman–Crippen MR) is 105 cm³/mol. The maximum atomic E-state index is 12.3. The standard InChI is InChI=1S/C21H25N3O3/c1-2-22-20(25)18-9-6-10-19(15-18)23-11-13-24(14-12-23)21(26)27-16-17-7-4-3-5-8-17/h3-10,15H,2,11-14,16H2,1H3,(H,22,25). The van der Waals surface area contributed by atoms with E-state index in [2.05, 4.69) is 10.2 Å². The number of benzene rings is 2. The van der Waals surface area contributed by atoms with Gasteiger partial charge in [-0.3, -0.25) is 4.79 Å². The molecule has 1 N–H and O–H groups in total. The topological polar surface area (TPSA) is 61.9 Å². The lowest BCUT2D eigenvalue weighted by molar-refractivity contribution is 0.0940. The number of carbonyl (C=O) groups is 2. The Labute approximate surface area is 159 Å². The molecule has 27 heavy (non-hydrogen) atoms. The smallest absolute Gasteiger partial charge is 0.410 e. The second kappa shape index (κ2) is 9.07. The first-order valence-corrected chi connectivity index (χ1v) is 9.26. The lowest BCUT2D eigenvalue weighted by Gasteiger charge is -2.35. The van der Waals surface area contributed by atoms with E-state index in [-0.39, 0.29) is 18.6 Å². The van der Waals surface area contributed by atoms with Gasteiger partial charge in [0.2, 0.25) is 0 Å². The molecular weight excluding hydrogens is 342 g/mol. The first kappa shape index (κ1) is 18.8. The van der Waals surface area contributed by atoms with Gasteiger partial charge >= 0.3 is 6.09 Å². The van der Waals surface area contributed by atoms with Gasteiger partial charge in [0.1, 0.15) is 6.61 Å². The van der Waals surface area contributed by atoms with Crippen LogP contribution in [0.5, 0.6) is 0 Å². The molecule has 6 heteroatoms. The minimum absolute atomic E-state index is 0.0672. The third kappa shape index (κ3) is 5.00. The quantitative estimate of drug-likeness (QED) is 0.883. The molecule has 142 valence electrons. The van der Waals surface area contributed by atoms with Crippen molar-refractivity contribution in [3.8, 4) is 0 Å². The fourth-order valence-corrected chi connectivity index (χ4v) is 3.06. The zero-order chi connectivity index (χ0) is 19.1. The van der Waals surface area contributed by atoms with Crippen LogP contribution in [-0.2, 0) is 11.3 Å². The van der Waals surface area contributed by atoms with Crippen LogP contribution in [-0.4, -0.2) is 49.6 Å². The number of amides is 2. The number of piperazine rings is 1. The fourth-order valence-electron chi connectivity index (χ4n) is 3.06. The first-order valence-electron chi connectivity index (χ1n) is 9.26. The monoisotopic (exact) mass is 367 g/mol. The number of nitrogens with one attached hydrogen (secondary N) is 1. The van der Waals surface area contributed by atoms with Crippen molar-refractivity contribution < 1.29 is 14.3 Å². The summed E-state index contributed by atoms with van der Waals surface area (Å²) in [7, 11) is 0. The van der Waals surface area contributed by atoms with Gasteiger partial charge in [0, 0.05) is 44.0 Å². The summed E-state index contributed by atoms with van der Waals surface area (Å²) in [4.78, 5) is 28.2. The van der Waals surface area contributed by atoms with Crippen molar-refractivity contribution in [1.29, 1.82) is 0 Å². The summed E-state index contributed by atoms with van der Waals surface area (Å²) in [5.41, 5.74) is 2.63. The highest BCUT2D eigenvalue weighted by Crippen LogP contribution is 2.19. The molecule has 6 nitrogen and oxygen atoms in total. The van der Waals surface area contributed by atoms with E-state index in [4.69, 9.17) is 4.74 Å². The molecule has 0 spiro atoms. The van der Waals surface area contributed by atoms with Crippen LogP contribution < -0.4 is 10.2 Å². The van der Waals surface area contributed by atoms with Gasteiger partial charge in [-0.2, -0.15) is 0 Å². The SMILES string of the molecule is CCNC(=O)c1cccc(N2CCN(C(=O)OCc3ccccc3)CC2)c1. The normalized spacial score (nSPS) is 14.0. The van der Waals surface area contributed by atoms with Gasteiger partial charge in [-0.25, -0.2) is 4.79 Å². The Morgan fingerprint density at radius 2 is 1.74 bits per heavy atom. The Morgan fingerprint density at radius 3 is 2.44 bits per heavy atom. The van der Waals surface area contributed by atoms with Gasteiger partial charge in [-0.1, -0.05) is 36.4 Å². The first-order chi connectivity index (χ1) is 13.2. The molecule has 2 amide bonds. The number of anilines is 1. The van der Waals surface area contributed by atoms with E-state index in [1.54, 1.807) is 4.90 Å². The minimum Gasteiger partial charge on any atom is -0.445 e. The summed E-state index contributed by atoms with van der Waals surface area (Å²) >= 11 is 0. The molecule has 0 radical (unpaired) electrons. The van der Waals surface area contributed by atoms with E-state index in [0.29, 0.717) is 38.3 Å². The van der Waals surface area contributed by atoms with Crippen molar-refractivity contribution in [2.24, 2.45) is 0 Å². The number of rotatable bonds is 5. The molecule has 1 heterocycles. The van der Waals surface area contributed by atoms with Crippen LogP contribution in [0, 0.1) is 0 Å². The van der Waals surface area contributed by atoms with Crippen molar-refractivity contribution in [3.05, 3.63) is 65.7 Å². The molecule has 1 saturated heterocycles. The molecule has 0 atom stereocenters. The zero-order valence-electron chi connectivity index (χ0n) is 15.6. The number of ether oxygens (including phenoxy) is 1. The van der Waals surface area contributed by atoms with Gasteiger partial charge in [0.15, 0.2) is 0 Å². The fraction of sp³-hybridized carbons (Fsp3) is 0.333. The molecular formula is C21H25N3O3. The third-order valence-electron chi connectivity index (χ3n) is 4.55. The van der Waals surface area contributed by atoms with Gasteiger partial charge < -0.3 is 19.9 Å². The number of carbonyl (C=O) groups excluding carboxylic acids is 2. The Morgan fingerprint density at radius 1 is 1.00 bits per heavy atom. The predicted octanol–water partition coefficient (Wildman–Crippen LogP) is 2.90. The molecule has 1 aliphatic heterocycles. The molecule has 2 aromatic rings. The average Bonchev–Trinajstić information content (AvgIpc) is 2.73. The van der Waals surface area contributed by atoms with Crippen LogP contribution in [0.3, 0.4) is 0 Å². The summed E-state index contributed by atoms with van der Waals surface area (Å²) in [5, 5.41) is 2.81. The molecule has 1 fully saturated rings. The van der Waals surface area contributed by atoms with Gasteiger partial charge in [0.05, 0.1) is 0 Å². The summed E-state index contributed by atoms with van der Waals surface area (Å²) < 4.78 is 5.40. The van der Waals surface area contributed by atoms with Crippen LogP contribution in [0.1, 0.15) is 22.8 Å². The summed E-state index contributed by atoms with van der Waals surface area (Å²) in [6.07, 6.45) is -0.283. The van der Waals surface area contributed by atoms with E-state index >= 15 is 0 Å². The van der Waals surface area contributed by atoms with Crippen LogP contribution >= 0.6 is 0 Å². The number of nitrogens with zero attached hydrogens (tertiary/aromatic N) is 2. The molecule has 0 unspecified atom stereocenters. The molecule has 0 saturated carbocycles. The molecule has 0 aliphatic carbocycles. The summed E-state index contributed by atoms with van der Waals surface area (Å²) in [6.45, 7) is 5.40. The lowest BCUT2D eigenvalue weighted by atomic mass is 10.1. The highest BCUT2D eigenvalue weighted by atomic mass is 16.6. The number of hydrogen-bond donors (Lipinski definition) is 1. The van der Waals surface area contributed by atoms with Crippen LogP contribution in [0.15, 0.2) is 54.6 Å². The summed E-state index contributed by atoms with van der Waals surface area (Å²) in [6, 6.07) is 17.3. The van der Waals surface area contributed by atoms with Gasteiger partial charge in [-0.15, -0.1) is 0 Å². The average molecular weight is 367 g/mol. The second-order valence-electron chi connectivity index (χ2n) is 6.42.